The third-order valence-electron chi connectivity index (χ3n) is 4.39. The Morgan fingerprint density at radius 1 is 1.31 bits per heavy atom. The molecule has 0 spiro atoms. The zero-order chi connectivity index (χ0) is 20.6. The first kappa shape index (κ1) is 20.7. The molecule has 1 N–H and O–H groups in total. The molecule has 29 heavy (non-hydrogen) atoms. The monoisotopic (exact) mass is 412 g/mol. The van der Waals surface area contributed by atoms with E-state index in [9.17, 15) is 4.79 Å². The molecule has 0 atom stereocenters. The van der Waals surface area contributed by atoms with Crippen LogP contribution in [0.5, 0.6) is 5.75 Å². The van der Waals surface area contributed by atoms with Gasteiger partial charge in [-0.1, -0.05) is 30.0 Å². The van der Waals surface area contributed by atoms with Crippen LogP contribution in [-0.2, 0) is 24.5 Å². The van der Waals surface area contributed by atoms with Gasteiger partial charge in [-0.05, 0) is 43.2 Å². The molecule has 1 amide bonds. The van der Waals surface area contributed by atoms with Crippen LogP contribution in [0, 0.1) is 13.8 Å². The minimum atomic E-state index is -0.104. The molecule has 8 heteroatoms. The fraction of sp³-hybridized carbons (Fsp3) is 0.286. The Bertz CT molecular complexity index is 966. The summed E-state index contributed by atoms with van der Waals surface area (Å²) in [6, 6.07) is 9.56. The second kappa shape index (κ2) is 9.97. The lowest BCUT2D eigenvalue weighted by Crippen LogP contribution is -2.24. The van der Waals surface area contributed by atoms with Crippen LogP contribution >= 0.6 is 11.8 Å². The highest BCUT2D eigenvalue weighted by Gasteiger charge is 2.15. The molecule has 0 fully saturated rings. The summed E-state index contributed by atoms with van der Waals surface area (Å²) < 4.78 is 13.1. The molecule has 3 aromatic rings. The van der Waals surface area contributed by atoms with Gasteiger partial charge < -0.3 is 14.5 Å². The number of aromatic nitrogens is 3. The van der Waals surface area contributed by atoms with E-state index in [1.54, 1.807) is 18.4 Å². The summed E-state index contributed by atoms with van der Waals surface area (Å²) in [6.45, 7) is 9.06. The van der Waals surface area contributed by atoms with Crippen molar-refractivity contribution in [1.29, 1.82) is 0 Å². The van der Waals surface area contributed by atoms with Gasteiger partial charge in [0, 0.05) is 6.54 Å². The third kappa shape index (κ3) is 5.51. The van der Waals surface area contributed by atoms with E-state index in [4.69, 9.17) is 9.15 Å². The molecule has 0 aliphatic carbocycles. The molecule has 1 aromatic carbocycles. The first-order valence-electron chi connectivity index (χ1n) is 9.22. The molecule has 0 radical (unpaired) electrons. The van der Waals surface area contributed by atoms with E-state index in [2.05, 4.69) is 22.1 Å². The highest BCUT2D eigenvalue weighted by atomic mass is 32.2. The van der Waals surface area contributed by atoms with Crippen LogP contribution in [0.3, 0.4) is 0 Å². The van der Waals surface area contributed by atoms with Gasteiger partial charge >= 0.3 is 0 Å². The molecule has 152 valence electrons. The summed E-state index contributed by atoms with van der Waals surface area (Å²) in [4.78, 5) is 12.1. The van der Waals surface area contributed by atoms with Crippen molar-refractivity contribution in [3.63, 3.8) is 0 Å². The smallest absolute Gasteiger partial charge is 0.230 e. The molecule has 0 aliphatic heterocycles. The highest BCUT2D eigenvalue weighted by Crippen LogP contribution is 2.23. The van der Waals surface area contributed by atoms with Gasteiger partial charge in [-0.25, -0.2) is 0 Å². The molecule has 0 aliphatic rings. The van der Waals surface area contributed by atoms with Crippen molar-refractivity contribution in [2.45, 2.75) is 38.7 Å². The van der Waals surface area contributed by atoms with Gasteiger partial charge in [0.1, 0.15) is 18.1 Å². The largest absolute Gasteiger partial charge is 0.485 e. The van der Waals surface area contributed by atoms with Gasteiger partial charge in [0.25, 0.3) is 0 Å². The number of benzene rings is 1. The van der Waals surface area contributed by atoms with E-state index in [1.165, 1.54) is 17.3 Å². The standard InChI is InChI=1S/C21H24N4O3S/c1-4-10-25-19(13-28-18-9-5-7-15(2)16(18)3)23-24-21(25)29-14-20(26)22-12-17-8-6-11-27-17/h4-9,11H,1,10,12-14H2,2-3H3,(H,22,26). The van der Waals surface area contributed by atoms with E-state index in [0.717, 1.165) is 11.3 Å². The van der Waals surface area contributed by atoms with Crippen LogP contribution in [0.25, 0.3) is 0 Å². The molecule has 2 heterocycles. The Morgan fingerprint density at radius 2 is 2.17 bits per heavy atom. The van der Waals surface area contributed by atoms with Crippen LogP contribution in [0.2, 0.25) is 0 Å². The maximum Gasteiger partial charge on any atom is 0.230 e. The maximum atomic E-state index is 12.1. The minimum absolute atomic E-state index is 0.104. The number of ether oxygens (including phenoxy) is 1. The van der Waals surface area contributed by atoms with Crippen LogP contribution < -0.4 is 10.1 Å². The molecule has 3 rings (SSSR count). The molecule has 2 aromatic heterocycles. The lowest BCUT2D eigenvalue weighted by atomic mass is 10.1. The van der Waals surface area contributed by atoms with E-state index < -0.39 is 0 Å². The average Bonchev–Trinajstić information content (AvgIpc) is 3.36. The Labute approximate surface area is 174 Å². The van der Waals surface area contributed by atoms with Crippen LogP contribution in [0.15, 0.2) is 58.8 Å². The van der Waals surface area contributed by atoms with Gasteiger partial charge in [0.15, 0.2) is 11.0 Å². The Kier molecular flexibility index (Phi) is 7.13. The predicted octanol–water partition coefficient (Wildman–Crippen LogP) is 3.66. The number of thioether (sulfide) groups is 1. The van der Waals surface area contributed by atoms with E-state index in [1.807, 2.05) is 42.7 Å². The summed E-state index contributed by atoms with van der Waals surface area (Å²) in [7, 11) is 0. The maximum absolute atomic E-state index is 12.1. The fourth-order valence-corrected chi connectivity index (χ4v) is 3.44. The molecule has 0 saturated carbocycles. The minimum Gasteiger partial charge on any atom is -0.485 e. The third-order valence-corrected chi connectivity index (χ3v) is 5.36. The van der Waals surface area contributed by atoms with Gasteiger partial charge in [0.2, 0.25) is 5.91 Å². The molecular formula is C21H24N4O3S. The number of hydrogen-bond acceptors (Lipinski definition) is 6. The number of nitrogens with zero attached hydrogens (tertiary/aromatic N) is 3. The van der Waals surface area contributed by atoms with Crippen molar-refractivity contribution < 1.29 is 13.9 Å². The zero-order valence-corrected chi connectivity index (χ0v) is 17.4. The summed E-state index contributed by atoms with van der Waals surface area (Å²) in [6.07, 6.45) is 3.35. The number of nitrogens with one attached hydrogen (secondary N) is 1. The Morgan fingerprint density at radius 3 is 2.93 bits per heavy atom. The topological polar surface area (TPSA) is 82.2 Å². The number of allylic oxidation sites excluding steroid dienone is 1. The van der Waals surface area contributed by atoms with E-state index >= 15 is 0 Å². The summed E-state index contributed by atoms with van der Waals surface area (Å²) in [5.41, 5.74) is 2.27. The van der Waals surface area contributed by atoms with E-state index in [-0.39, 0.29) is 18.3 Å². The normalized spacial score (nSPS) is 10.7. The number of furan rings is 1. The molecule has 7 nitrogen and oxygen atoms in total. The number of rotatable bonds is 10. The second-order valence-electron chi connectivity index (χ2n) is 6.43. The quantitative estimate of drug-likeness (QED) is 0.404. The number of amides is 1. The van der Waals surface area contributed by atoms with Gasteiger partial charge in [-0.2, -0.15) is 0 Å². The Hall–Kier alpha value is -3.00. The van der Waals surface area contributed by atoms with Crippen LogP contribution in [-0.4, -0.2) is 26.4 Å². The number of carbonyl (C=O) groups excluding carboxylic acids is 1. The van der Waals surface area contributed by atoms with Gasteiger partial charge in [-0.3, -0.25) is 9.36 Å². The van der Waals surface area contributed by atoms with Crippen LogP contribution in [0.4, 0.5) is 0 Å². The first-order chi connectivity index (χ1) is 14.1. The summed E-state index contributed by atoms with van der Waals surface area (Å²) in [5, 5.41) is 11.9. The number of aryl methyl sites for hydroxylation is 1. The first-order valence-corrected chi connectivity index (χ1v) is 10.2. The van der Waals surface area contributed by atoms with Crippen molar-refractivity contribution in [2.24, 2.45) is 0 Å². The highest BCUT2D eigenvalue weighted by molar-refractivity contribution is 7.99. The van der Waals surface area contributed by atoms with Crippen molar-refractivity contribution in [3.05, 3.63) is 72.0 Å². The van der Waals surface area contributed by atoms with Crippen LogP contribution in [0.1, 0.15) is 22.7 Å². The molecule has 0 unspecified atom stereocenters. The molecule has 0 bridgehead atoms. The zero-order valence-electron chi connectivity index (χ0n) is 16.6. The SMILES string of the molecule is C=CCn1c(COc2cccc(C)c2C)nnc1SCC(=O)NCc1ccco1. The van der Waals surface area contributed by atoms with Crippen molar-refractivity contribution in [3.8, 4) is 5.75 Å². The Balaban J connectivity index is 1.59. The lowest BCUT2D eigenvalue weighted by molar-refractivity contribution is -0.118. The second-order valence-corrected chi connectivity index (χ2v) is 7.37. The average molecular weight is 413 g/mol. The number of carbonyl (C=O) groups is 1. The van der Waals surface area contributed by atoms with Gasteiger partial charge in [0.05, 0.1) is 18.6 Å². The number of hydrogen-bond donors (Lipinski definition) is 1. The predicted molar refractivity (Wildman–Crippen MR) is 112 cm³/mol. The van der Waals surface area contributed by atoms with Crippen molar-refractivity contribution >= 4 is 17.7 Å². The van der Waals surface area contributed by atoms with Gasteiger partial charge in [-0.15, -0.1) is 16.8 Å². The summed E-state index contributed by atoms with van der Waals surface area (Å²) >= 11 is 1.32. The molecular weight excluding hydrogens is 388 g/mol. The lowest BCUT2D eigenvalue weighted by Gasteiger charge is -2.12. The molecule has 0 saturated heterocycles. The van der Waals surface area contributed by atoms with Crippen molar-refractivity contribution in [1.82, 2.24) is 20.1 Å². The van der Waals surface area contributed by atoms with E-state index in [0.29, 0.717) is 29.8 Å². The summed E-state index contributed by atoms with van der Waals surface area (Å²) in [5.74, 6) is 2.35. The van der Waals surface area contributed by atoms with Crippen molar-refractivity contribution in [2.75, 3.05) is 5.75 Å². The fourth-order valence-electron chi connectivity index (χ4n) is 2.65.